The Kier molecular flexibility index (Phi) is 4.03. The quantitative estimate of drug-likeness (QED) is 0.820. The molecule has 0 aliphatic carbocycles. The van der Waals surface area contributed by atoms with Gasteiger partial charge in [0.1, 0.15) is 5.25 Å². The number of rotatable bonds is 3. The third-order valence-electron chi connectivity index (χ3n) is 3.77. The van der Waals surface area contributed by atoms with Crippen LogP contribution in [0.25, 0.3) is 0 Å². The molecular weight excluding hydrogens is 294 g/mol. The lowest BCUT2D eigenvalue weighted by Crippen LogP contribution is -2.29. The van der Waals surface area contributed by atoms with Crippen molar-refractivity contribution in [2.75, 3.05) is 4.90 Å². The predicted octanol–water partition coefficient (Wildman–Crippen LogP) is 4.75. The average Bonchev–Trinajstić information content (AvgIpc) is 2.83. The molecule has 1 unspecified atom stereocenters. The van der Waals surface area contributed by atoms with E-state index in [0.717, 1.165) is 17.3 Å². The van der Waals surface area contributed by atoms with E-state index >= 15 is 0 Å². The van der Waals surface area contributed by atoms with Crippen LogP contribution in [0.1, 0.15) is 36.1 Å². The van der Waals surface area contributed by atoms with E-state index in [9.17, 15) is 9.59 Å². The van der Waals surface area contributed by atoms with Crippen LogP contribution < -0.4 is 4.90 Å². The molecule has 0 saturated carbocycles. The fraction of sp³-hybridized carbons (Fsp3) is 0.222. The zero-order valence-corrected chi connectivity index (χ0v) is 13.3. The van der Waals surface area contributed by atoms with Gasteiger partial charge in [0.05, 0.1) is 5.69 Å². The smallest absolute Gasteiger partial charge is 0.272 e. The lowest BCUT2D eigenvalue weighted by atomic mass is 10.0. The summed E-state index contributed by atoms with van der Waals surface area (Å²) in [6, 6.07) is 17.1. The highest BCUT2D eigenvalue weighted by molar-refractivity contribution is 8.15. The van der Waals surface area contributed by atoms with Crippen LogP contribution in [0.2, 0.25) is 0 Å². The molecule has 112 valence electrons. The van der Waals surface area contributed by atoms with Crippen LogP contribution in [-0.2, 0) is 4.79 Å². The van der Waals surface area contributed by atoms with Crippen LogP contribution in [0.3, 0.4) is 0 Å². The van der Waals surface area contributed by atoms with Gasteiger partial charge in [0.15, 0.2) is 0 Å². The first-order valence-electron chi connectivity index (χ1n) is 7.27. The number of benzene rings is 2. The highest BCUT2D eigenvalue weighted by Gasteiger charge is 2.41. The van der Waals surface area contributed by atoms with Gasteiger partial charge in [0.25, 0.3) is 11.1 Å². The average molecular weight is 311 g/mol. The molecule has 2 aromatic rings. The van der Waals surface area contributed by atoms with Crippen LogP contribution in [0.15, 0.2) is 54.6 Å². The number of thioether (sulfide) groups is 1. The van der Waals surface area contributed by atoms with Gasteiger partial charge in [0, 0.05) is 0 Å². The minimum absolute atomic E-state index is 0.168. The zero-order chi connectivity index (χ0) is 15.7. The Balaban J connectivity index is 1.88. The Morgan fingerprint density at radius 2 is 1.59 bits per heavy atom. The third-order valence-corrected chi connectivity index (χ3v) is 4.86. The highest BCUT2D eigenvalue weighted by Crippen LogP contribution is 2.41. The SMILES string of the molecule is CC(C)c1ccc(N2C(=O)SC(c3ccccc3)C2=O)cc1. The minimum Gasteiger partial charge on any atom is -0.272 e. The molecule has 1 atom stereocenters. The Bertz CT molecular complexity index is 695. The van der Waals surface area contributed by atoms with Crippen LogP contribution in [0.4, 0.5) is 10.5 Å². The van der Waals surface area contributed by atoms with Gasteiger partial charge in [0.2, 0.25) is 0 Å². The molecule has 3 nitrogen and oxygen atoms in total. The van der Waals surface area contributed by atoms with Crippen molar-refractivity contribution in [3.8, 4) is 0 Å². The van der Waals surface area contributed by atoms with E-state index in [-0.39, 0.29) is 11.1 Å². The molecule has 1 heterocycles. The van der Waals surface area contributed by atoms with Gasteiger partial charge < -0.3 is 0 Å². The Morgan fingerprint density at radius 1 is 0.955 bits per heavy atom. The van der Waals surface area contributed by atoms with Crippen LogP contribution in [0, 0.1) is 0 Å². The second-order valence-corrected chi connectivity index (χ2v) is 6.65. The van der Waals surface area contributed by atoms with E-state index in [0.29, 0.717) is 11.6 Å². The van der Waals surface area contributed by atoms with E-state index in [1.807, 2.05) is 54.6 Å². The monoisotopic (exact) mass is 311 g/mol. The van der Waals surface area contributed by atoms with Gasteiger partial charge in [-0.2, -0.15) is 0 Å². The van der Waals surface area contributed by atoms with Crippen molar-refractivity contribution in [1.29, 1.82) is 0 Å². The van der Waals surface area contributed by atoms with Gasteiger partial charge in [-0.1, -0.05) is 56.3 Å². The standard InChI is InChI=1S/C18H17NO2S/c1-12(2)13-8-10-15(11-9-13)19-17(20)16(22-18(19)21)14-6-4-3-5-7-14/h3-12,16H,1-2H3. The van der Waals surface area contributed by atoms with E-state index in [4.69, 9.17) is 0 Å². The number of carbonyl (C=O) groups is 2. The molecule has 2 aromatic carbocycles. The van der Waals surface area contributed by atoms with Crippen LogP contribution in [0.5, 0.6) is 0 Å². The van der Waals surface area contributed by atoms with Crippen molar-refractivity contribution in [3.05, 3.63) is 65.7 Å². The number of nitrogens with zero attached hydrogens (tertiary/aromatic N) is 1. The van der Waals surface area contributed by atoms with Crippen molar-refractivity contribution < 1.29 is 9.59 Å². The predicted molar refractivity (Wildman–Crippen MR) is 90.2 cm³/mol. The molecule has 1 fully saturated rings. The maximum Gasteiger partial charge on any atom is 0.294 e. The third kappa shape index (κ3) is 2.66. The number of hydrogen-bond acceptors (Lipinski definition) is 3. The maximum absolute atomic E-state index is 12.6. The Labute approximate surface area is 134 Å². The van der Waals surface area contributed by atoms with Crippen LogP contribution >= 0.6 is 11.8 Å². The van der Waals surface area contributed by atoms with Gasteiger partial charge in [-0.25, -0.2) is 4.90 Å². The topological polar surface area (TPSA) is 37.4 Å². The Hall–Kier alpha value is -2.07. The summed E-state index contributed by atoms with van der Waals surface area (Å²) in [4.78, 5) is 26.2. The van der Waals surface area contributed by atoms with Crippen molar-refractivity contribution in [2.45, 2.75) is 25.0 Å². The molecule has 0 bridgehead atoms. The first-order valence-corrected chi connectivity index (χ1v) is 8.15. The Morgan fingerprint density at radius 3 is 2.18 bits per heavy atom. The summed E-state index contributed by atoms with van der Waals surface area (Å²) in [5, 5.41) is -0.658. The number of carbonyl (C=O) groups excluding carboxylic acids is 2. The van der Waals surface area contributed by atoms with E-state index in [2.05, 4.69) is 13.8 Å². The molecule has 1 saturated heterocycles. The number of imide groups is 1. The first kappa shape index (κ1) is 14.9. The number of amides is 2. The molecule has 4 heteroatoms. The largest absolute Gasteiger partial charge is 0.294 e. The van der Waals surface area contributed by atoms with Crippen molar-refractivity contribution in [2.24, 2.45) is 0 Å². The van der Waals surface area contributed by atoms with Crippen LogP contribution in [-0.4, -0.2) is 11.1 Å². The summed E-state index contributed by atoms with van der Waals surface area (Å²) in [6.07, 6.45) is 0. The molecule has 22 heavy (non-hydrogen) atoms. The second kappa shape index (κ2) is 5.97. The van der Waals surface area contributed by atoms with Crippen molar-refractivity contribution >= 4 is 28.6 Å². The summed E-state index contributed by atoms with van der Waals surface area (Å²) in [5.74, 6) is 0.254. The summed E-state index contributed by atoms with van der Waals surface area (Å²) >= 11 is 1.08. The van der Waals surface area contributed by atoms with Gasteiger partial charge in [-0.05, 0) is 40.9 Å². The summed E-state index contributed by atoms with van der Waals surface area (Å²) < 4.78 is 0. The number of hydrogen-bond donors (Lipinski definition) is 0. The summed E-state index contributed by atoms with van der Waals surface area (Å²) in [7, 11) is 0. The molecule has 2 amide bonds. The van der Waals surface area contributed by atoms with E-state index < -0.39 is 5.25 Å². The lowest BCUT2D eigenvalue weighted by molar-refractivity contribution is -0.117. The molecule has 1 aliphatic rings. The molecule has 1 aliphatic heterocycles. The lowest BCUT2D eigenvalue weighted by Gasteiger charge is -2.15. The van der Waals surface area contributed by atoms with Crippen molar-refractivity contribution in [1.82, 2.24) is 0 Å². The normalized spacial score (nSPS) is 18.3. The molecular formula is C18H17NO2S. The molecule has 0 spiro atoms. The van der Waals surface area contributed by atoms with Gasteiger partial charge >= 0.3 is 0 Å². The fourth-order valence-electron chi connectivity index (χ4n) is 2.49. The zero-order valence-electron chi connectivity index (χ0n) is 12.5. The van der Waals surface area contributed by atoms with Gasteiger partial charge in [-0.3, -0.25) is 9.59 Å². The maximum atomic E-state index is 12.6. The first-order chi connectivity index (χ1) is 10.6. The summed E-state index contributed by atoms with van der Waals surface area (Å²) in [6.45, 7) is 4.23. The second-order valence-electron chi connectivity index (χ2n) is 5.59. The van der Waals surface area contributed by atoms with E-state index in [1.165, 1.54) is 10.5 Å². The molecule has 0 aromatic heterocycles. The molecule has 0 N–H and O–H groups in total. The summed E-state index contributed by atoms with van der Waals surface area (Å²) in [5.41, 5.74) is 2.70. The van der Waals surface area contributed by atoms with Crippen molar-refractivity contribution in [3.63, 3.8) is 0 Å². The van der Waals surface area contributed by atoms with Gasteiger partial charge in [-0.15, -0.1) is 0 Å². The molecule has 0 radical (unpaired) electrons. The fourth-order valence-corrected chi connectivity index (χ4v) is 3.49. The van der Waals surface area contributed by atoms with E-state index in [1.54, 1.807) is 0 Å². The minimum atomic E-state index is -0.446. The number of anilines is 1. The highest BCUT2D eigenvalue weighted by atomic mass is 32.2. The molecule has 3 rings (SSSR count).